The first-order valence-electron chi connectivity index (χ1n) is 4.97. The van der Waals surface area contributed by atoms with Crippen LogP contribution >= 0.6 is 0 Å². The molecule has 0 saturated carbocycles. The van der Waals surface area contributed by atoms with E-state index >= 15 is 0 Å². The van der Waals surface area contributed by atoms with Crippen LogP contribution < -0.4 is 0 Å². The molecule has 0 aromatic heterocycles. The van der Waals surface area contributed by atoms with E-state index in [4.69, 9.17) is 4.74 Å². The first-order chi connectivity index (χ1) is 6.38. The van der Waals surface area contributed by atoms with Gasteiger partial charge in [0, 0.05) is 13.1 Å². The Morgan fingerprint density at radius 3 is 3.00 bits per heavy atom. The van der Waals surface area contributed by atoms with Crippen LogP contribution in [0.2, 0.25) is 0 Å². The van der Waals surface area contributed by atoms with E-state index < -0.39 is 0 Å². The van der Waals surface area contributed by atoms with Gasteiger partial charge in [-0.05, 0) is 31.5 Å². The maximum atomic E-state index is 5.77. The zero-order valence-electron chi connectivity index (χ0n) is 8.07. The predicted molar refractivity (Wildman–Crippen MR) is 53.1 cm³/mol. The molecule has 2 nitrogen and oxygen atoms in total. The Labute approximate surface area is 79.9 Å². The zero-order valence-corrected chi connectivity index (χ0v) is 8.07. The van der Waals surface area contributed by atoms with Crippen molar-refractivity contribution in [3.8, 4) is 0 Å². The normalized spacial score (nSPS) is 23.9. The van der Waals surface area contributed by atoms with E-state index in [1.54, 1.807) is 0 Å². The lowest BCUT2D eigenvalue weighted by Gasteiger charge is -2.38. The van der Waals surface area contributed by atoms with Gasteiger partial charge in [0.2, 0.25) is 0 Å². The molecular formula is C11H16NO. The fourth-order valence-electron chi connectivity index (χ4n) is 1.63. The molecule has 0 aromatic carbocycles. The Balaban J connectivity index is 1.74. The molecule has 0 unspecified atom stereocenters. The summed E-state index contributed by atoms with van der Waals surface area (Å²) in [5.74, 6) is 1.04. The van der Waals surface area contributed by atoms with E-state index in [2.05, 4.69) is 30.4 Å². The third-order valence-electron chi connectivity index (χ3n) is 2.53. The summed E-state index contributed by atoms with van der Waals surface area (Å²) in [7, 11) is 0. The van der Waals surface area contributed by atoms with Crippen LogP contribution in [0.3, 0.4) is 0 Å². The van der Waals surface area contributed by atoms with E-state index in [-0.39, 0.29) is 0 Å². The molecule has 13 heavy (non-hydrogen) atoms. The molecule has 1 radical (unpaired) electrons. The summed E-state index contributed by atoms with van der Waals surface area (Å²) < 4.78 is 5.77. The Kier molecular flexibility index (Phi) is 2.69. The van der Waals surface area contributed by atoms with Crippen LogP contribution in [0.25, 0.3) is 0 Å². The first kappa shape index (κ1) is 8.82. The highest BCUT2D eigenvalue weighted by Gasteiger charge is 2.26. The number of hydrogen-bond donors (Lipinski definition) is 0. The van der Waals surface area contributed by atoms with Gasteiger partial charge in [-0.2, -0.15) is 0 Å². The summed E-state index contributed by atoms with van der Waals surface area (Å²) in [6.07, 6.45) is 9.80. The van der Waals surface area contributed by atoms with Crippen molar-refractivity contribution < 1.29 is 4.74 Å². The predicted octanol–water partition coefficient (Wildman–Crippen LogP) is 1.76. The molecule has 2 rings (SSSR count). The summed E-state index contributed by atoms with van der Waals surface area (Å²) in [5, 5.41) is 0. The van der Waals surface area contributed by atoms with Gasteiger partial charge in [-0.1, -0.05) is 13.0 Å². The lowest BCUT2D eigenvalue weighted by Crippen LogP contribution is -2.51. The number of nitrogens with zero attached hydrogens (tertiary/aromatic N) is 1. The molecule has 1 aliphatic carbocycles. The zero-order chi connectivity index (χ0) is 9.10. The molecule has 0 aromatic rings. The summed E-state index contributed by atoms with van der Waals surface area (Å²) in [6.45, 7) is 5.50. The second-order valence-corrected chi connectivity index (χ2v) is 3.53. The summed E-state index contributed by atoms with van der Waals surface area (Å²) in [4.78, 5) is 2.38. The molecule has 0 N–H and O–H groups in total. The fraction of sp³-hybridized carbons (Fsp3) is 0.545. The number of allylic oxidation sites excluding steroid dienone is 3. The van der Waals surface area contributed by atoms with E-state index in [0.29, 0.717) is 6.10 Å². The molecule has 0 bridgehead atoms. The Bertz CT molecular complexity index is 226. The average molecular weight is 178 g/mol. The van der Waals surface area contributed by atoms with Crippen molar-refractivity contribution in [2.75, 3.05) is 19.6 Å². The van der Waals surface area contributed by atoms with Crippen molar-refractivity contribution in [2.24, 2.45) is 0 Å². The summed E-state index contributed by atoms with van der Waals surface area (Å²) in [6, 6.07) is 0. The van der Waals surface area contributed by atoms with Gasteiger partial charge in [-0.3, -0.25) is 4.90 Å². The van der Waals surface area contributed by atoms with Crippen LogP contribution in [0.4, 0.5) is 0 Å². The standard InChI is InChI=1S/C11H16NO/c1-2-12-8-11(9-12)13-10-6-4-3-5-7-10/h3-4,6-7,11H,2,5,8-9H2,1H3. The van der Waals surface area contributed by atoms with Gasteiger partial charge in [-0.25, -0.2) is 0 Å². The smallest absolute Gasteiger partial charge is 0.124 e. The Hall–Kier alpha value is -0.760. The third-order valence-corrected chi connectivity index (χ3v) is 2.53. The van der Waals surface area contributed by atoms with Crippen LogP contribution in [0.5, 0.6) is 0 Å². The first-order valence-corrected chi connectivity index (χ1v) is 4.97. The number of hydrogen-bond acceptors (Lipinski definition) is 2. The van der Waals surface area contributed by atoms with Gasteiger partial charge >= 0.3 is 0 Å². The lowest BCUT2D eigenvalue weighted by atomic mass is 10.1. The van der Waals surface area contributed by atoms with Gasteiger partial charge in [0.25, 0.3) is 0 Å². The second-order valence-electron chi connectivity index (χ2n) is 3.53. The maximum Gasteiger partial charge on any atom is 0.124 e. The highest BCUT2D eigenvalue weighted by atomic mass is 16.5. The molecule has 71 valence electrons. The molecule has 0 atom stereocenters. The van der Waals surface area contributed by atoms with Gasteiger partial charge in [0.15, 0.2) is 0 Å². The van der Waals surface area contributed by atoms with Crippen molar-refractivity contribution in [2.45, 2.75) is 19.4 Å². The Morgan fingerprint density at radius 1 is 1.54 bits per heavy atom. The number of ether oxygens (including phenoxy) is 1. The van der Waals surface area contributed by atoms with E-state index in [1.165, 1.54) is 0 Å². The van der Waals surface area contributed by atoms with Crippen LogP contribution in [-0.2, 0) is 4.74 Å². The molecule has 2 aliphatic rings. The van der Waals surface area contributed by atoms with Crippen molar-refractivity contribution in [3.63, 3.8) is 0 Å². The minimum Gasteiger partial charge on any atom is -0.488 e. The largest absolute Gasteiger partial charge is 0.488 e. The van der Waals surface area contributed by atoms with E-state index in [9.17, 15) is 0 Å². The van der Waals surface area contributed by atoms with E-state index in [0.717, 1.165) is 31.8 Å². The molecule has 0 amide bonds. The van der Waals surface area contributed by atoms with Gasteiger partial charge < -0.3 is 4.74 Å². The monoisotopic (exact) mass is 178 g/mol. The third kappa shape index (κ3) is 2.13. The molecule has 1 heterocycles. The molecular weight excluding hydrogens is 162 g/mol. The molecule has 1 saturated heterocycles. The molecule has 1 fully saturated rings. The van der Waals surface area contributed by atoms with Gasteiger partial charge in [-0.15, -0.1) is 0 Å². The molecule has 0 spiro atoms. The van der Waals surface area contributed by atoms with Crippen LogP contribution in [-0.4, -0.2) is 30.6 Å². The van der Waals surface area contributed by atoms with E-state index in [1.807, 2.05) is 6.08 Å². The number of likely N-dealkylation sites (N-methyl/N-ethyl adjacent to an activating group) is 1. The minimum atomic E-state index is 0.425. The van der Waals surface area contributed by atoms with Crippen LogP contribution in [0.15, 0.2) is 24.0 Å². The van der Waals surface area contributed by atoms with Gasteiger partial charge in [0.05, 0.1) is 0 Å². The quantitative estimate of drug-likeness (QED) is 0.653. The van der Waals surface area contributed by atoms with Crippen molar-refractivity contribution >= 4 is 0 Å². The fourth-order valence-corrected chi connectivity index (χ4v) is 1.63. The highest BCUT2D eigenvalue weighted by molar-refractivity contribution is 5.21. The SMILES string of the molecule is CCN1CC(OC2=CC[CH]C=C2)C1. The maximum absolute atomic E-state index is 5.77. The topological polar surface area (TPSA) is 12.5 Å². The number of rotatable bonds is 3. The molecule has 1 aliphatic heterocycles. The van der Waals surface area contributed by atoms with Crippen molar-refractivity contribution in [1.82, 2.24) is 4.90 Å². The highest BCUT2D eigenvalue weighted by Crippen LogP contribution is 2.18. The summed E-state index contributed by atoms with van der Waals surface area (Å²) >= 11 is 0. The van der Waals surface area contributed by atoms with Crippen molar-refractivity contribution in [1.29, 1.82) is 0 Å². The van der Waals surface area contributed by atoms with Crippen LogP contribution in [0, 0.1) is 6.42 Å². The van der Waals surface area contributed by atoms with Crippen molar-refractivity contribution in [3.05, 3.63) is 30.4 Å². The second kappa shape index (κ2) is 3.97. The Morgan fingerprint density at radius 2 is 2.38 bits per heavy atom. The minimum absolute atomic E-state index is 0.425. The molecule has 2 heteroatoms. The van der Waals surface area contributed by atoms with Gasteiger partial charge in [0.1, 0.15) is 11.9 Å². The lowest BCUT2D eigenvalue weighted by molar-refractivity contribution is -0.0147. The number of likely N-dealkylation sites (tertiary alicyclic amines) is 1. The van der Waals surface area contributed by atoms with Crippen LogP contribution in [0.1, 0.15) is 13.3 Å². The average Bonchev–Trinajstić information content (AvgIpc) is 2.12. The summed E-state index contributed by atoms with van der Waals surface area (Å²) in [5.41, 5.74) is 0.